The van der Waals surface area contributed by atoms with Gasteiger partial charge in [0.25, 0.3) is 5.56 Å². The number of nitrogens with zero attached hydrogens (tertiary/aromatic N) is 4. The second-order valence-corrected chi connectivity index (χ2v) is 7.44. The lowest BCUT2D eigenvalue weighted by atomic mass is 10.3. The normalized spacial score (nSPS) is 11.6. The quantitative estimate of drug-likeness (QED) is 0.477. The van der Waals surface area contributed by atoms with Crippen molar-refractivity contribution in [2.45, 2.75) is 0 Å². The van der Waals surface area contributed by atoms with Gasteiger partial charge in [-0.2, -0.15) is 0 Å². The maximum atomic E-state index is 12.4. The van der Waals surface area contributed by atoms with Crippen molar-refractivity contribution in [2.75, 3.05) is 0 Å². The molecule has 5 nitrogen and oxygen atoms in total. The lowest BCUT2D eigenvalue weighted by Gasteiger charge is -2.04. The van der Waals surface area contributed by atoms with E-state index in [1.807, 2.05) is 34.4 Å². The zero-order valence-corrected chi connectivity index (χ0v) is 15.8. The predicted molar refractivity (Wildman–Crippen MR) is 105 cm³/mol. The number of pyridine rings is 1. The van der Waals surface area contributed by atoms with Crippen LogP contribution in [0.2, 0.25) is 5.02 Å². The summed E-state index contributed by atoms with van der Waals surface area (Å²) in [5.74, 6) is 0. The van der Waals surface area contributed by atoms with Crippen LogP contribution in [0.5, 0.6) is 0 Å². The van der Waals surface area contributed by atoms with Gasteiger partial charge in [-0.1, -0.05) is 11.6 Å². The van der Waals surface area contributed by atoms with E-state index in [0.717, 1.165) is 15.0 Å². The predicted octanol–water partition coefficient (Wildman–Crippen LogP) is 4.53. The van der Waals surface area contributed by atoms with Crippen molar-refractivity contribution >= 4 is 56.7 Å². The number of rotatable bonds is 3. The van der Waals surface area contributed by atoms with Crippen molar-refractivity contribution in [2.24, 2.45) is 0 Å². The molecule has 4 aromatic rings. The molecule has 0 aliphatic heterocycles. The van der Waals surface area contributed by atoms with Crippen LogP contribution in [0.25, 0.3) is 23.5 Å². The van der Waals surface area contributed by atoms with E-state index in [2.05, 4.69) is 25.9 Å². The molecule has 4 rings (SSSR count). The summed E-state index contributed by atoms with van der Waals surface area (Å²) >= 11 is 11.1. The number of aromatic nitrogens is 4. The highest BCUT2D eigenvalue weighted by atomic mass is 79.9. The minimum atomic E-state index is -0.294. The lowest BCUT2D eigenvalue weighted by molar-refractivity contribution is 1.03. The van der Waals surface area contributed by atoms with E-state index < -0.39 is 0 Å². The van der Waals surface area contributed by atoms with Crippen molar-refractivity contribution in [3.05, 3.63) is 78.9 Å². The summed E-state index contributed by atoms with van der Waals surface area (Å²) in [5, 5.41) is 2.13. The molecule has 0 aliphatic rings. The van der Waals surface area contributed by atoms with Gasteiger partial charge in [0.15, 0.2) is 0 Å². The molecule has 8 heteroatoms. The molecule has 0 bridgehead atoms. The Kier molecular flexibility index (Phi) is 4.29. The molecule has 0 saturated carbocycles. The summed E-state index contributed by atoms with van der Waals surface area (Å²) < 4.78 is 4.14. The Bertz CT molecular complexity index is 1150. The second-order valence-electron chi connectivity index (χ2n) is 5.20. The third kappa shape index (κ3) is 3.18. The fraction of sp³-hybridized carbons (Fsp3) is 0. The van der Waals surface area contributed by atoms with E-state index in [1.54, 1.807) is 42.2 Å². The minimum absolute atomic E-state index is 0.0956. The molecular formula is C17H10BrClN4OS. The largest absolute Gasteiger partial charge is 0.305 e. The molecule has 0 spiro atoms. The van der Waals surface area contributed by atoms with E-state index in [-0.39, 0.29) is 10.6 Å². The molecule has 0 unspecified atom stereocenters. The van der Waals surface area contributed by atoms with E-state index >= 15 is 0 Å². The number of halogens is 2. The Balaban J connectivity index is 1.71. The molecule has 0 radical (unpaired) electrons. The van der Waals surface area contributed by atoms with Crippen LogP contribution in [0.3, 0.4) is 0 Å². The number of thiophene rings is 1. The summed E-state index contributed by atoms with van der Waals surface area (Å²) in [7, 11) is 0. The summed E-state index contributed by atoms with van der Waals surface area (Å²) in [5.41, 5.74) is 1.73. The summed E-state index contributed by atoms with van der Waals surface area (Å²) in [6.07, 6.45) is 10.7. The van der Waals surface area contributed by atoms with Crippen LogP contribution < -0.4 is 5.56 Å². The molecule has 0 saturated heterocycles. The Hall–Kier alpha value is -2.22. The van der Waals surface area contributed by atoms with Crippen molar-refractivity contribution in [3.8, 4) is 5.69 Å². The molecule has 4 heterocycles. The Morgan fingerprint density at radius 2 is 2.16 bits per heavy atom. The van der Waals surface area contributed by atoms with Crippen LogP contribution >= 0.6 is 38.9 Å². The molecular weight excluding hydrogens is 424 g/mol. The Morgan fingerprint density at radius 1 is 1.28 bits per heavy atom. The van der Waals surface area contributed by atoms with E-state index in [4.69, 9.17) is 11.6 Å². The molecule has 0 amide bonds. The fourth-order valence-electron chi connectivity index (χ4n) is 2.36. The summed E-state index contributed by atoms with van der Waals surface area (Å²) in [6, 6.07) is 5.63. The topological polar surface area (TPSA) is 52.2 Å². The smallest absolute Gasteiger partial charge is 0.277 e. The highest BCUT2D eigenvalue weighted by Crippen LogP contribution is 2.22. The zero-order valence-electron chi connectivity index (χ0n) is 12.6. The third-order valence-corrected chi connectivity index (χ3v) is 5.28. The van der Waals surface area contributed by atoms with Gasteiger partial charge in [-0.25, -0.2) is 9.97 Å². The van der Waals surface area contributed by atoms with Crippen molar-refractivity contribution in [3.63, 3.8) is 0 Å². The van der Waals surface area contributed by atoms with Crippen LogP contribution in [0.4, 0.5) is 0 Å². The molecule has 0 aromatic carbocycles. The van der Waals surface area contributed by atoms with Crippen molar-refractivity contribution in [1.29, 1.82) is 0 Å². The van der Waals surface area contributed by atoms with Gasteiger partial charge in [0.05, 0.1) is 17.7 Å². The fourth-order valence-corrected chi connectivity index (χ4v) is 3.67. The average molecular weight is 434 g/mol. The van der Waals surface area contributed by atoms with Gasteiger partial charge in [-0.15, -0.1) is 11.3 Å². The van der Waals surface area contributed by atoms with Gasteiger partial charge in [-0.05, 0) is 46.3 Å². The molecule has 0 fully saturated rings. The third-order valence-electron chi connectivity index (χ3n) is 3.57. The van der Waals surface area contributed by atoms with Gasteiger partial charge in [-0.3, -0.25) is 9.20 Å². The second kappa shape index (κ2) is 6.59. The first-order valence-electron chi connectivity index (χ1n) is 7.24. The van der Waals surface area contributed by atoms with Gasteiger partial charge < -0.3 is 4.57 Å². The maximum absolute atomic E-state index is 12.4. The number of hydrogen-bond donors (Lipinski definition) is 0. The van der Waals surface area contributed by atoms with Crippen molar-refractivity contribution in [1.82, 2.24) is 18.9 Å². The molecule has 0 aliphatic carbocycles. The van der Waals surface area contributed by atoms with Gasteiger partial charge >= 0.3 is 0 Å². The SMILES string of the molecule is O=c1c(Cl)c(/C=C/c2cc(-n3ccnc3)cs2)nc2ccc(Br)cn12. The lowest BCUT2D eigenvalue weighted by Crippen LogP contribution is -2.16. The van der Waals surface area contributed by atoms with Crippen LogP contribution in [0, 0.1) is 0 Å². The van der Waals surface area contributed by atoms with Gasteiger partial charge in [0.2, 0.25) is 0 Å². The molecule has 0 atom stereocenters. The number of imidazole rings is 1. The zero-order chi connectivity index (χ0) is 17.4. The van der Waals surface area contributed by atoms with E-state index in [1.165, 1.54) is 4.40 Å². The van der Waals surface area contributed by atoms with Crippen molar-refractivity contribution < 1.29 is 0 Å². The van der Waals surface area contributed by atoms with Crippen LogP contribution in [-0.2, 0) is 0 Å². The first-order valence-corrected chi connectivity index (χ1v) is 9.29. The maximum Gasteiger partial charge on any atom is 0.277 e. The molecule has 25 heavy (non-hydrogen) atoms. The molecule has 4 aromatic heterocycles. The van der Waals surface area contributed by atoms with E-state index in [0.29, 0.717) is 11.3 Å². The van der Waals surface area contributed by atoms with Crippen LogP contribution in [0.1, 0.15) is 10.6 Å². The summed E-state index contributed by atoms with van der Waals surface area (Å²) in [4.78, 5) is 21.9. The Morgan fingerprint density at radius 3 is 2.96 bits per heavy atom. The van der Waals surface area contributed by atoms with Crippen LogP contribution in [-0.4, -0.2) is 18.9 Å². The highest BCUT2D eigenvalue weighted by molar-refractivity contribution is 9.10. The first-order chi connectivity index (χ1) is 12.1. The molecule has 0 N–H and O–H groups in total. The number of fused-ring (bicyclic) bond motifs is 1. The molecule has 124 valence electrons. The first kappa shape index (κ1) is 16.3. The van der Waals surface area contributed by atoms with Gasteiger partial charge in [0, 0.05) is 33.3 Å². The van der Waals surface area contributed by atoms with E-state index in [9.17, 15) is 4.79 Å². The number of hydrogen-bond acceptors (Lipinski definition) is 4. The summed E-state index contributed by atoms with van der Waals surface area (Å²) in [6.45, 7) is 0. The Labute approximate surface area is 160 Å². The minimum Gasteiger partial charge on any atom is -0.305 e. The monoisotopic (exact) mass is 432 g/mol. The highest BCUT2D eigenvalue weighted by Gasteiger charge is 2.09. The van der Waals surface area contributed by atoms with Gasteiger partial charge in [0.1, 0.15) is 10.7 Å². The standard InChI is InChI=1S/C17H10BrClN4OS/c18-11-1-4-15-21-14(16(19)17(24)23(15)8-11)3-2-13-7-12(9-25-13)22-6-5-20-10-22/h1-10H/b3-2+. The average Bonchev–Trinajstić information content (AvgIpc) is 3.28. The van der Waals surface area contributed by atoms with Crippen LogP contribution in [0.15, 0.2) is 57.8 Å².